The Morgan fingerprint density at radius 2 is 1.71 bits per heavy atom. The van der Waals surface area contributed by atoms with Crippen molar-refractivity contribution in [2.45, 2.75) is 10.8 Å². The van der Waals surface area contributed by atoms with Crippen molar-refractivity contribution >= 4 is 23.4 Å². The highest BCUT2D eigenvalue weighted by atomic mass is 35.5. The summed E-state index contributed by atoms with van der Waals surface area (Å²) in [6, 6.07) is 21.9. The van der Waals surface area contributed by atoms with Crippen LogP contribution in [0.25, 0.3) is 11.3 Å². The van der Waals surface area contributed by atoms with Crippen molar-refractivity contribution in [2.75, 3.05) is 0 Å². The number of rotatable bonds is 4. The molecule has 4 heteroatoms. The molecule has 0 fully saturated rings. The number of halogens is 1. The lowest BCUT2D eigenvalue weighted by Gasteiger charge is -2.03. The van der Waals surface area contributed by atoms with Crippen molar-refractivity contribution in [2.24, 2.45) is 0 Å². The van der Waals surface area contributed by atoms with E-state index >= 15 is 0 Å². The normalized spacial score (nSPS) is 10.5. The molecule has 0 saturated carbocycles. The molecule has 104 valence electrons. The van der Waals surface area contributed by atoms with Gasteiger partial charge in [-0.3, -0.25) is 0 Å². The van der Waals surface area contributed by atoms with E-state index in [0.29, 0.717) is 0 Å². The fourth-order valence-corrected chi connectivity index (χ4v) is 2.91. The van der Waals surface area contributed by atoms with E-state index in [0.717, 1.165) is 27.1 Å². The van der Waals surface area contributed by atoms with E-state index in [1.807, 2.05) is 60.7 Å². The average Bonchev–Trinajstić information content (AvgIpc) is 2.54. The highest BCUT2D eigenvalue weighted by Crippen LogP contribution is 2.23. The van der Waals surface area contributed by atoms with E-state index in [1.165, 1.54) is 5.56 Å². The van der Waals surface area contributed by atoms with Crippen molar-refractivity contribution < 1.29 is 0 Å². The average molecular weight is 313 g/mol. The van der Waals surface area contributed by atoms with E-state index in [2.05, 4.69) is 16.3 Å². The molecule has 3 aromatic rings. The topological polar surface area (TPSA) is 25.8 Å². The summed E-state index contributed by atoms with van der Waals surface area (Å²) in [6.45, 7) is 0. The third kappa shape index (κ3) is 3.84. The summed E-state index contributed by atoms with van der Waals surface area (Å²) in [5.74, 6) is 0.833. The first-order valence-corrected chi connectivity index (χ1v) is 7.94. The lowest BCUT2D eigenvalue weighted by Crippen LogP contribution is -1.90. The predicted octanol–water partition coefficient (Wildman–Crippen LogP) is 5.09. The van der Waals surface area contributed by atoms with Gasteiger partial charge in [-0.15, -0.1) is 10.2 Å². The zero-order valence-electron chi connectivity index (χ0n) is 11.2. The molecule has 0 atom stereocenters. The van der Waals surface area contributed by atoms with E-state index in [9.17, 15) is 0 Å². The summed E-state index contributed by atoms with van der Waals surface area (Å²) in [7, 11) is 0. The van der Waals surface area contributed by atoms with E-state index in [4.69, 9.17) is 11.6 Å². The zero-order chi connectivity index (χ0) is 14.5. The van der Waals surface area contributed by atoms with E-state index in [1.54, 1.807) is 11.8 Å². The molecule has 0 N–H and O–H groups in total. The van der Waals surface area contributed by atoms with Gasteiger partial charge < -0.3 is 0 Å². The minimum Gasteiger partial charge on any atom is -0.149 e. The summed E-state index contributed by atoms with van der Waals surface area (Å²) >= 11 is 7.63. The third-order valence-electron chi connectivity index (χ3n) is 2.99. The van der Waals surface area contributed by atoms with E-state index < -0.39 is 0 Å². The first-order chi connectivity index (χ1) is 10.3. The molecule has 0 saturated heterocycles. The quantitative estimate of drug-likeness (QED) is 0.628. The Balaban J connectivity index is 1.68. The van der Waals surface area contributed by atoms with Crippen LogP contribution < -0.4 is 0 Å². The molecule has 0 radical (unpaired) electrons. The van der Waals surface area contributed by atoms with Crippen molar-refractivity contribution in [1.29, 1.82) is 0 Å². The fraction of sp³-hybridized carbons (Fsp3) is 0.0588. The maximum absolute atomic E-state index is 5.98. The molecule has 0 aliphatic rings. The van der Waals surface area contributed by atoms with Crippen molar-refractivity contribution in [1.82, 2.24) is 10.2 Å². The largest absolute Gasteiger partial charge is 0.149 e. The zero-order valence-corrected chi connectivity index (χ0v) is 12.8. The van der Waals surface area contributed by atoms with Crippen LogP contribution in [0.15, 0.2) is 71.8 Å². The summed E-state index contributed by atoms with van der Waals surface area (Å²) in [5.41, 5.74) is 3.15. The predicted molar refractivity (Wildman–Crippen MR) is 88.5 cm³/mol. The van der Waals surface area contributed by atoms with Crippen LogP contribution in [0.5, 0.6) is 0 Å². The number of hydrogen-bond acceptors (Lipinski definition) is 3. The molecule has 1 aromatic heterocycles. The lowest BCUT2D eigenvalue weighted by atomic mass is 10.1. The van der Waals surface area contributed by atoms with Crippen LogP contribution in [0.2, 0.25) is 5.02 Å². The minimum atomic E-state index is 0.763. The summed E-state index contributed by atoms with van der Waals surface area (Å²) in [5, 5.41) is 10.2. The number of thioether (sulfide) groups is 1. The number of hydrogen-bond donors (Lipinski definition) is 0. The van der Waals surface area contributed by atoms with Crippen LogP contribution in [0.1, 0.15) is 5.56 Å². The van der Waals surface area contributed by atoms with Gasteiger partial charge in [-0.05, 0) is 29.8 Å². The Hall–Kier alpha value is -1.84. The molecule has 0 amide bonds. The monoisotopic (exact) mass is 312 g/mol. The van der Waals surface area contributed by atoms with Gasteiger partial charge >= 0.3 is 0 Å². The summed E-state index contributed by atoms with van der Waals surface area (Å²) < 4.78 is 0. The van der Waals surface area contributed by atoms with Crippen LogP contribution in [-0.2, 0) is 5.75 Å². The molecule has 3 rings (SSSR count). The van der Waals surface area contributed by atoms with Crippen LogP contribution in [0, 0.1) is 0 Å². The van der Waals surface area contributed by atoms with Gasteiger partial charge in [-0.2, -0.15) is 0 Å². The van der Waals surface area contributed by atoms with Gasteiger partial charge in [0, 0.05) is 16.3 Å². The van der Waals surface area contributed by atoms with Crippen LogP contribution >= 0.6 is 23.4 Å². The number of nitrogens with zero attached hydrogens (tertiary/aromatic N) is 2. The van der Waals surface area contributed by atoms with Gasteiger partial charge in [0.25, 0.3) is 0 Å². The molecule has 0 spiro atoms. The SMILES string of the molecule is Clc1cccc(CSc2ccc(-c3ccccc3)nn2)c1. The van der Waals surface area contributed by atoms with Gasteiger partial charge in [-0.1, -0.05) is 65.8 Å². The Morgan fingerprint density at radius 3 is 2.43 bits per heavy atom. The van der Waals surface area contributed by atoms with Gasteiger partial charge in [0.1, 0.15) is 5.03 Å². The first kappa shape index (κ1) is 14.1. The summed E-state index contributed by atoms with van der Waals surface area (Å²) in [6.07, 6.45) is 0. The highest BCUT2D eigenvalue weighted by molar-refractivity contribution is 7.98. The molecule has 0 aliphatic carbocycles. The maximum Gasteiger partial charge on any atom is 0.119 e. The molecular weight excluding hydrogens is 300 g/mol. The molecule has 21 heavy (non-hydrogen) atoms. The smallest absolute Gasteiger partial charge is 0.119 e. The highest BCUT2D eigenvalue weighted by Gasteiger charge is 2.02. The molecule has 0 bridgehead atoms. The Labute approximate surface area is 133 Å². The van der Waals surface area contributed by atoms with Gasteiger partial charge in [0.15, 0.2) is 0 Å². The molecule has 2 aromatic carbocycles. The Bertz CT molecular complexity index is 714. The molecule has 2 nitrogen and oxygen atoms in total. The fourth-order valence-electron chi connectivity index (χ4n) is 1.94. The maximum atomic E-state index is 5.98. The Morgan fingerprint density at radius 1 is 0.857 bits per heavy atom. The van der Waals surface area contributed by atoms with Crippen molar-refractivity contribution in [3.05, 3.63) is 77.3 Å². The van der Waals surface area contributed by atoms with Crippen LogP contribution in [0.4, 0.5) is 0 Å². The Kier molecular flexibility index (Phi) is 4.53. The number of aromatic nitrogens is 2. The minimum absolute atomic E-state index is 0.763. The standard InChI is InChI=1S/C17H13ClN2S/c18-15-8-4-5-13(11-15)12-21-17-10-9-16(19-20-17)14-6-2-1-3-7-14/h1-11H,12H2. The summed E-state index contributed by atoms with van der Waals surface area (Å²) in [4.78, 5) is 0. The second kappa shape index (κ2) is 6.74. The van der Waals surface area contributed by atoms with Gasteiger partial charge in [0.2, 0.25) is 0 Å². The van der Waals surface area contributed by atoms with Crippen molar-refractivity contribution in [3.8, 4) is 11.3 Å². The molecular formula is C17H13ClN2S. The second-order valence-electron chi connectivity index (χ2n) is 4.54. The second-order valence-corrected chi connectivity index (χ2v) is 5.97. The van der Waals surface area contributed by atoms with Gasteiger partial charge in [-0.25, -0.2) is 0 Å². The lowest BCUT2D eigenvalue weighted by molar-refractivity contribution is 0.935. The van der Waals surface area contributed by atoms with Gasteiger partial charge in [0.05, 0.1) is 5.69 Å². The van der Waals surface area contributed by atoms with Crippen molar-refractivity contribution in [3.63, 3.8) is 0 Å². The molecule has 0 aliphatic heterocycles. The third-order valence-corrected chi connectivity index (χ3v) is 4.21. The molecule has 1 heterocycles. The van der Waals surface area contributed by atoms with Crippen LogP contribution in [0.3, 0.4) is 0 Å². The van der Waals surface area contributed by atoms with Crippen LogP contribution in [-0.4, -0.2) is 10.2 Å². The van der Waals surface area contributed by atoms with E-state index in [-0.39, 0.29) is 0 Å². The molecule has 0 unspecified atom stereocenters. The number of benzene rings is 2. The first-order valence-electron chi connectivity index (χ1n) is 6.58.